The highest BCUT2D eigenvalue weighted by atomic mass is 16.4. The molecule has 0 radical (unpaired) electrons. The maximum absolute atomic E-state index is 11.9. The number of nitrogens with zero attached hydrogens (tertiary/aromatic N) is 1. The van der Waals surface area contributed by atoms with E-state index in [0.29, 0.717) is 22.6 Å². The summed E-state index contributed by atoms with van der Waals surface area (Å²) in [5, 5.41) is 10.5. The fraction of sp³-hybridized carbons (Fsp3) is 0.333. The molecular weight excluding hydrogens is 334 g/mol. The molecule has 140 valence electrons. The van der Waals surface area contributed by atoms with Crippen molar-refractivity contribution in [1.29, 1.82) is 0 Å². The van der Waals surface area contributed by atoms with Gasteiger partial charge in [-0.1, -0.05) is 65.0 Å². The van der Waals surface area contributed by atoms with Crippen LogP contribution in [-0.4, -0.2) is 16.1 Å². The Balaban J connectivity index is 2.14. The third-order valence-corrected chi connectivity index (χ3v) is 5.29. The summed E-state index contributed by atoms with van der Waals surface area (Å²) < 4.78 is 0. The van der Waals surface area contributed by atoms with Gasteiger partial charge in [0.05, 0.1) is 16.8 Å². The van der Waals surface area contributed by atoms with Crippen LogP contribution in [0.2, 0.25) is 0 Å². The molecule has 0 saturated heterocycles. The maximum atomic E-state index is 11.9. The molecule has 0 bridgehead atoms. The monoisotopic (exact) mass is 361 g/mol. The lowest BCUT2D eigenvalue weighted by molar-refractivity contribution is 0.0699. The number of fused-ring (bicyclic) bond motifs is 1. The van der Waals surface area contributed by atoms with Crippen LogP contribution in [-0.2, 0) is 5.41 Å². The Kier molecular flexibility index (Phi) is 5.05. The summed E-state index contributed by atoms with van der Waals surface area (Å²) >= 11 is 0. The molecule has 1 heterocycles. The van der Waals surface area contributed by atoms with Crippen LogP contribution in [0.4, 0.5) is 0 Å². The zero-order chi connectivity index (χ0) is 19.8. The summed E-state index contributed by atoms with van der Waals surface area (Å²) in [4.78, 5) is 16.7. The molecule has 0 aliphatic rings. The highest BCUT2D eigenvalue weighted by molar-refractivity contribution is 6.04. The van der Waals surface area contributed by atoms with Crippen LogP contribution in [0.5, 0.6) is 0 Å². The van der Waals surface area contributed by atoms with Gasteiger partial charge in [0.15, 0.2) is 0 Å². The minimum absolute atomic E-state index is 0.0773. The number of aromatic nitrogens is 1. The molecule has 0 aliphatic heterocycles. The number of carboxylic acid groups (broad SMARTS) is 1. The second-order valence-electron chi connectivity index (χ2n) is 8.27. The van der Waals surface area contributed by atoms with Crippen LogP contribution in [0.25, 0.3) is 22.2 Å². The molecule has 3 heteroatoms. The Hall–Kier alpha value is -2.68. The first-order valence-corrected chi connectivity index (χ1v) is 9.49. The average Bonchev–Trinajstić information content (AvgIpc) is 2.65. The SMILES string of the molecule is CCC(C)c1ccc2nc(-c3ccc(C(C)(C)C)cc3)cc(C(=O)O)c2c1. The van der Waals surface area contributed by atoms with E-state index in [1.165, 1.54) is 5.56 Å². The van der Waals surface area contributed by atoms with Crippen molar-refractivity contribution in [2.24, 2.45) is 0 Å². The normalized spacial score (nSPS) is 12.9. The maximum Gasteiger partial charge on any atom is 0.336 e. The van der Waals surface area contributed by atoms with Crippen LogP contribution in [0.15, 0.2) is 48.5 Å². The smallest absolute Gasteiger partial charge is 0.336 e. The zero-order valence-corrected chi connectivity index (χ0v) is 16.7. The van der Waals surface area contributed by atoms with Crippen LogP contribution in [0, 0.1) is 0 Å². The van der Waals surface area contributed by atoms with Gasteiger partial charge in [-0.2, -0.15) is 0 Å². The first kappa shape index (κ1) is 19.1. The lowest BCUT2D eigenvalue weighted by Crippen LogP contribution is -2.10. The minimum Gasteiger partial charge on any atom is -0.478 e. The Bertz CT molecular complexity index is 982. The van der Waals surface area contributed by atoms with E-state index in [9.17, 15) is 9.90 Å². The third kappa shape index (κ3) is 3.87. The molecule has 0 aliphatic carbocycles. The van der Waals surface area contributed by atoms with E-state index in [0.717, 1.165) is 23.1 Å². The highest BCUT2D eigenvalue weighted by Crippen LogP contribution is 2.30. The number of carboxylic acids is 1. The van der Waals surface area contributed by atoms with Crippen LogP contribution < -0.4 is 0 Å². The van der Waals surface area contributed by atoms with Crippen molar-refractivity contribution in [3.63, 3.8) is 0 Å². The quantitative estimate of drug-likeness (QED) is 0.584. The van der Waals surface area contributed by atoms with Gasteiger partial charge in [-0.25, -0.2) is 9.78 Å². The largest absolute Gasteiger partial charge is 0.478 e. The molecule has 3 aromatic rings. The molecule has 0 amide bonds. The topological polar surface area (TPSA) is 50.2 Å². The van der Waals surface area contributed by atoms with E-state index < -0.39 is 5.97 Å². The zero-order valence-electron chi connectivity index (χ0n) is 16.7. The molecule has 3 nitrogen and oxygen atoms in total. The number of rotatable bonds is 4. The van der Waals surface area contributed by atoms with Crippen molar-refractivity contribution >= 4 is 16.9 Å². The summed E-state index contributed by atoms with van der Waals surface area (Å²) in [6, 6.07) is 15.9. The average molecular weight is 361 g/mol. The molecule has 27 heavy (non-hydrogen) atoms. The molecule has 1 unspecified atom stereocenters. The number of aromatic carboxylic acids is 1. The van der Waals surface area contributed by atoms with Gasteiger partial charge in [0.25, 0.3) is 0 Å². The predicted molar refractivity (Wildman–Crippen MR) is 112 cm³/mol. The molecule has 1 N–H and O–H groups in total. The molecule has 0 fully saturated rings. The van der Waals surface area contributed by atoms with Crippen molar-refractivity contribution < 1.29 is 9.90 Å². The second kappa shape index (κ2) is 7.15. The van der Waals surface area contributed by atoms with Gasteiger partial charge in [-0.15, -0.1) is 0 Å². The van der Waals surface area contributed by atoms with Crippen LogP contribution >= 0.6 is 0 Å². The summed E-state index contributed by atoms with van der Waals surface area (Å²) in [5.74, 6) is -0.531. The Morgan fingerprint density at radius 3 is 2.30 bits per heavy atom. The van der Waals surface area contributed by atoms with E-state index >= 15 is 0 Å². The molecule has 0 spiro atoms. The predicted octanol–water partition coefficient (Wildman–Crippen LogP) is 6.41. The lowest BCUT2D eigenvalue weighted by atomic mass is 9.86. The molecule has 0 saturated carbocycles. The van der Waals surface area contributed by atoms with Gasteiger partial charge in [-0.3, -0.25) is 0 Å². The van der Waals surface area contributed by atoms with E-state index in [2.05, 4.69) is 52.8 Å². The molecule has 3 rings (SSSR count). The lowest BCUT2D eigenvalue weighted by Gasteiger charge is -2.19. The molecule has 1 aromatic heterocycles. The van der Waals surface area contributed by atoms with Gasteiger partial charge in [0.2, 0.25) is 0 Å². The Morgan fingerprint density at radius 1 is 1.07 bits per heavy atom. The summed E-state index contributed by atoms with van der Waals surface area (Å²) in [6.07, 6.45) is 1.01. The van der Waals surface area contributed by atoms with Gasteiger partial charge in [-0.05, 0) is 47.1 Å². The summed E-state index contributed by atoms with van der Waals surface area (Å²) in [5.41, 5.74) is 5.11. The number of hydrogen-bond acceptors (Lipinski definition) is 2. The van der Waals surface area contributed by atoms with Crippen molar-refractivity contribution in [2.45, 2.75) is 52.4 Å². The van der Waals surface area contributed by atoms with Crippen molar-refractivity contribution in [2.75, 3.05) is 0 Å². The van der Waals surface area contributed by atoms with Crippen LogP contribution in [0.1, 0.15) is 68.4 Å². The Morgan fingerprint density at radius 2 is 1.74 bits per heavy atom. The van der Waals surface area contributed by atoms with E-state index in [-0.39, 0.29) is 5.41 Å². The highest BCUT2D eigenvalue weighted by Gasteiger charge is 2.16. The van der Waals surface area contributed by atoms with Crippen molar-refractivity contribution in [1.82, 2.24) is 4.98 Å². The fourth-order valence-electron chi connectivity index (χ4n) is 3.25. The summed E-state index contributed by atoms with van der Waals surface area (Å²) in [7, 11) is 0. The number of hydrogen-bond donors (Lipinski definition) is 1. The van der Waals surface area contributed by atoms with Crippen molar-refractivity contribution in [3.8, 4) is 11.3 Å². The third-order valence-electron chi connectivity index (χ3n) is 5.29. The van der Waals surface area contributed by atoms with Gasteiger partial charge in [0, 0.05) is 10.9 Å². The minimum atomic E-state index is -0.920. The van der Waals surface area contributed by atoms with E-state index in [1.54, 1.807) is 6.07 Å². The number of benzene rings is 2. The number of pyridine rings is 1. The van der Waals surface area contributed by atoms with E-state index in [4.69, 9.17) is 4.98 Å². The van der Waals surface area contributed by atoms with Gasteiger partial charge < -0.3 is 5.11 Å². The Labute approximate surface area is 161 Å². The van der Waals surface area contributed by atoms with E-state index in [1.807, 2.05) is 24.3 Å². The number of carbonyl (C=O) groups is 1. The fourth-order valence-corrected chi connectivity index (χ4v) is 3.25. The molecule has 1 atom stereocenters. The molecule has 2 aromatic carbocycles. The second-order valence-corrected chi connectivity index (χ2v) is 8.27. The first-order chi connectivity index (χ1) is 12.7. The van der Waals surface area contributed by atoms with Gasteiger partial charge >= 0.3 is 5.97 Å². The molecular formula is C24H27NO2. The van der Waals surface area contributed by atoms with Crippen LogP contribution in [0.3, 0.4) is 0 Å². The standard InChI is InChI=1S/C24H27NO2/c1-6-15(2)17-9-12-21-19(13-17)20(23(26)27)14-22(25-21)16-7-10-18(11-8-16)24(3,4)5/h7-15H,6H2,1-5H3,(H,26,27). The van der Waals surface area contributed by atoms with Crippen molar-refractivity contribution in [3.05, 3.63) is 65.2 Å². The first-order valence-electron chi connectivity index (χ1n) is 9.49. The van der Waals surface area contributed by atoms with Gasteiger partial charge in [0.1, 0.15) is 0 Å². The summed E-state index contributed by atoms with van der Waals surface area (Å²) in [6.45, 7) is 10.8.